The van der Waals surface area contributed by atoms with Crippen LogP contribution in [0.2, 0.25) is 0 Å². The number of hydrogen-bond donors (Lipinski definition) is 2. The van der Waals surface area contributed by atoms with Crippen molar-refractivity contribution in [2.75, 3.05) is 18.1 Å². The minimum Gasteiger partial charge on any atom is -0.388 e. The van der Waals surface area contributed by atoms with Crippen molar-refractivity contribution in [3.8, 4) is 11.3 Å². The molecule has 0 radical (unpaired) electrons. The molecule has 1 amide bonds. The van der Waals surface area contributed by atoms with Crippen LogP contribution in [-0.2, 0) is 0 Å². The average Bonchev–Trinajstić information content (AvgIpc) is 3.04. The molecule has 2 N–H and O–H groups in total. The van der Waals surface area contributed by atoms with Crippen LogP contribution in [0.5, 0.6) is 0 Å². The molecule has 0 aliphatic carbocycles. The molecule has 22 heavy (non-hydrogen) atoms. The van der Waals surface area contributed by atoms with Crippen molar-refractivity contribution in [2.24, 2.45) is 0 Å². The molecule has 1 aromatic heterocycles. The molecule has 0 saturated carbocycles. The van der Waals surface area contributed by atoms with Crippen molar-refractivity contribution in [3.05, 3.63) is 42.1 Å². The van der Waals surface area contributed by atoms with Gasteiger partial charge in [0.1, 0.15) is 0 Å². The second kappa shape index (κ2) is 6.54. The highest BCUT2D eigenvalue weighted by Gasteiger charge is 2.30. The van der Waals surface area contributed by atoms with Crippen molar-refractivity contribution in [2.45, 2.75) is 18.4 Å². The summed E-state index contributed by atoms with van der Waals surface area (Å²) in [5.74, 6) is 2.08. The molecule has 2 heterocycles. The van der Waals surface area contributed by atoms with E-state index in [1.165, 1.54) is 0 Å². The van der Waals surface area contributed by atoms with Crippen molar-refractivity contribution in [3.63, 3.8) is 0 Å². The van der Waals surface area contributed by atoms with Gasteiger partial charge in [-0.3, -0.25) is 4.79 Å². The number of thioether (sulfide) groups is 1. The highest BCUT2D eigenvalue weighted by Crippen LogP contribution is 2.26. The van der Waals surface area contributed by atoms with Gasteiger partial charge in [-0.1, -0.05) is 35.5 Å². The Bertz CT molecular complexity index is 636. The number of aliphatic hydroxyl groups is 1. The van der Waals surface area contributed by atoms with Gasteiger partial charge in [0.25, 0.3) is 5.91 Å². The van der Waals surface area contributed by atoms with E-state index < -0.39 is 5.60 Å². The summed E-state index contributed by atoms with van der Waals surface area (Å²) in [6, 6.07) is 11.1. The molecule has 1 aliphatic heterocycles. The molecule has 1 aliphatic rings. The first kappa shape index (κ1) is 15.1. The first-order valence-corrected chi connectivity index (χ1v) is 8.42. The Kier molecular flexibility index (Phi) is 4.49. The molecular formula is C16H18N2O3S. The van der Waals surface area contributed by atoms with E-state index in [2.05, 4.69) is 10.5 Å². The SMILES string of the molecule is O=C(NCC1(O)CCSCC1)c1cc(-c2ccccc2)on1. The second-order valence-corrected chi connectivity index (χ2v) is 6.69. The largest absolute Gasteiger partial charge is 0.388 e. The Labute approximate surface area is 133 Å². The molecule has 1 fully saturated rings. The number of hydrogen-bond acceptors (Lipinski definition) is 5. The summed E-state index contributed by atoms with van der Waals surface area (Å²) >= 11 is 1.83. The van der Waals surface area contributed by atoms with Crippen LogP contribution >= 0.6 is 11.8 Å². The number of rotatable bonds is 4. The number of carbonyl (C=O) groups is 1. The average molecular weight is 318 g/mol. The fraction of sp³-hybridized carbons (Fsp3) is 0.375. The van der Waals surface area contributed by atoms with E-state index in [0.29, 0.717) is 18.6 Å². The van der Waals surface area contributed by atoms with Gasteiger partial charge in [0, 0.05) is 18.2 Å². The topological polar surface area (TPSA) is 75.4 Å². The third kappa shape index (κ3) is 3.51. The van der Waals surface area contributed by atoms with E-state index in [-0.39, 0.29) is 18.1 Å². The molecule has 5 nitrogen and oxygen atoms in total. The number of nitrogens with zero attached hydrogens (tertiary/aromatic N) is 1. The summed E-state index contributed by atoms with van der Waals surface area (Å²) in [7, 11) is 0. The summed E-state index contributed by atoms with van der Waals surface area (Å²) in [4.78, 5) is 12.1. The van der Waals surface area contributed by atoms with E-state index in [9.17, 15) is 9.90 Å². The van der Waals surface area contributed by atoms with Crippen LogP contribution in [0.15, 0.2) is 40.9 Å². The van der Waals surface area contributed by atoms with E-state index >= 15 is 0 Å². The summed E-state index contributed by atoms with van der Waals surface area (Å²) in [5.41, 5.74) is 0.303. The molecule has 1 saturated heterocycles. The molecule has 0 spiro atoms. The lowest BCUT2D eigenvalue weighted by molar-refractivity contribution is 0.0310. The van der Waals surface area contributed by atoms with E-state index in [4.69, 9.17) is 4.52 Å². The fourth-order valence-corrected chi connectivity index (χ4v) is 3.64. The van der Waals surface area contributed by atoms with Crippen LogP contribution in [0.4, 0.5) is 0 Å². The molecular weight excluding hydrogens is 300 g/mol. The van der Waals surface area contributed by atoms with E-state index in [1.807, 2.05) is 42.1 Å². The van der Waals surface area contributed by atoms with Crippen LogP contribution in [-0.4, -0.2) is 39.8 Å². The smallest absolute Gasteiger partial charge is 0.273 e. The van der Waals surface area contributed by atoms with Crippen LogP contribution < -0.4 is 5.32 Å². The lowest BCUT2D eigenvalue weighted by atomic mass is 9.97. The first-order valence-electron chi connectivity index (χ1n) is 7.27. The number of amides is 1. The predicted octanol–water partition coefficient (Wildman–Crippen LogP) is 2.33. The molecule has 0 atom stereocenters. The third-order valence-electron chi connectivity index (χ3n) is 3.80. The molecule has 3 rings (SSSR count). The van der Waals surface area contributed by atoms with Crippen LogP contribution in [0.25, 0.3) is 11.3 Å². The third-order valence-corrected chi connectivity index (χ3v) is 4.79. The van der Waals surface area contributed by atoms with Gasteiger partial charge in [0.15, 0.2) is 11.5 Å². The second-order valence-electron chi connectivity index (χ2n) is 5.46. The van der Waals surface area contributed by atoms with Crippen molar-refractivity contribution in [1.82, 2.24) is 10.5 Å². The van der Waals surface area contributed by atoms with Gasteiger partial charge in [0.2, 0.25) is 0 Å². The predicted molar refractivity (Wildman–Crippen MR) is 85.8 cm³/mol. The zero-order chi connectivity index (χ0) is 15.4. The lowest BCUT2D eigenvalue weighted by Crippen LogP contribution is -2.45. The van der Waals surface area contributed by atoms with Crippen molar-refractivity contribution in [1.29, 1.82) is 0 Å². The summed E-state index contributed by atoms with van der Waals surface area (Å²) < 4.78 is 5.21. The van der Waals surface area contributed by atoms with Gasteiger partial charge in [0.05, 0.1) is 5.60 Å². The van der Waals surface area contributed by atoms with Gasteiger partial charge in [-0.15, -0.1) is 0 Å². The Balaban J connectivity index is 1.62. The normalized spacial score (nSPS) is 17.1. The Morgan fingerprint density at radius 1 is 1.32 bits per heavy atom. The Hall–Kier alpha value is -1.79. The monoisotopic (exact) mass is 318 g/mol. The molecule has 0 unspecified atom stereocenters. The number of nitrogens with one attached hydrogen (secondary N) is 1. The maximum absolute atomic E-state index is 12.1. The molecule has 0 bridgehead atoms. The Morgan fingerprint density at radius 2 is 2.05 bits per heavy atom. The zero-order valence-electron chi connectivity index (χ0n) is 12.1. The maximum Gasteiger partial charge on any atom is 0.273 e. The summed E-state index contributed by atoms with van der Waals surface area (Å²) in [6.07, 6.45) is 1.40. The standard InChI is InChI=1S/C16H18N2O3S/c19-15(17-11-16(20)6-8-22-9-7-16)13-10-14(21-18-13)12-4-2-1-3-5-12/h1-5,10,20H,6-9,11H2,(H,17,19). The lowest BCUT2D eigenvalue weighted by Gasteiger charge is -2.31. The highest BCUT2D eigenvalue weighted by atomic mass is 32.2. The van der Waals surface area contributed by atoms with Gasteiger partial charge in [-0.05, 0) is 24.3 Å². The molecule has 1 aromatic carbocycles. The first-order chi connectivity index (χ1) is 10.7. The number of benzene rings is 1. The summed E-state index contributed by atoms with van der Waals surface area (Å²) in [6.45, 7) is 0.250. The van der Waals surface area contributed by atoms with Crippen molar-refractivity contribution >= 4 is 17.7 Å². The highest BCUT2D eigenvalue weighted by molar-refractivity contribution is 7.99. The fourth-order valence-electron chi connectivity index (χ4n) is 2.38. The van der Waals surface area contributed by atoms with E-state index in [0.717, 1.165) is 17.1 Å². The Morgan fingerprint density at radius 3 is 2.77 bits per heavy atom. The molecule has 116 valence electrons. The van der Waals surface area contributed by atoms with Gasteiger partial charge in [-0.2, -0.15) is 11.8 Å². The van der Waals surface area contributed by atoms with Crippen LogP contribution in [0, 0.1) is 0 Å². The van der Waals surface area contributed by atoms with Crippen LogP contribution in [0.1, 0.15) is 23.3 Å². The van der Waals surface area contributed by atoms with E-state index in [1.54, 1.807) is 6.07 Å². The van der Waals surface area contributed by atoms with Crippen LogP contribution in [0.3, 0.4) is 0 Å². The van der Waals surface area contributed by atoms with Gasteiger partial charge >= 0.3 is 0 Å². The molecule has 6 heteroatoms. The quantitative estimate of drug-likeness (QED) is 0.905. The van der Waals surface area contributed by atoms with Gasteiger partial charge < -0.3 is 14.9 Å². The van der Waals surface area contributed by atoms with Gasteiger partial charge in [-0.25, -0.2) is 0 Å². The number of carbonyl (C=O) groups excluding carboxylic acids is 1. The summed E-state index contributed by atoms with van der Waals surface area (Å²) in [5, 5.41) is 16.9. The maximum atomic E-state index is 12.1. The number of aromatic nitrogens is 1. The van der Waals surface area contributed by atoms with Crippen molar-refractivity contribution < 1.29 is 14.4 Å². The minimum atomic E-state index is -0.799. The molecule has 2 aromatic rings. The zero-order valence-corrected chi connectivity index (χ0v) is 12.9. The minimum absolute atomic E-state index is 0.229.